The van der Waals surface area contributed by atoms with Crippen molar-refractivity contribution in [2.45, 2.75) is 101 Å². The number of likely N-dealkylation sites (tertiary alicyclic amines) is 2. The summed E-state index contributed by atoms with van der Waals surface area (Å²) < 4.78 is 65.2. The van der Waals surface area contributed by atoms with E-state index in [1.807, 2.05) is 0 Å². The molecule has 2 unspecified atom stereocenters. The molecule has 0 radical (unpaired) electrons. The largest absolute Gasteiger partial charge is 1.00 e. The van der Waals surface area contributed by atoms with Crippen molar-refractivity contribution < 1.29 is 175 Å². The van der Waals surface area contributed by atoms with Crippen molar-refractivity contribution >= 4 is 30.3 Å². The molecule has 23 heteroatoms. The summed E-state index contributed by atoms with van der Waals surface area (Å²) >= 11 is 0. The van der Waals surface area contributed by atoms with E-state index in [-0.39, 0.29) is 128 Å². The maximum atomic E-state index is 13.6. The van der Waals surface area contributed by atoms with Crippen molar-refractivity contribution in [1.29, 1.82) is 5.26 Å². The van der Waals surface area contributed by atoms with E-state index in [1.54, 1.807) is 41.5 Å². The number of nitrogens with zero attached hydrogens (tertiary/aromatic N) is 3. The zero-order chi connectivity index (χ0) is 45.4. The molecule has 2 heterocycles. The molecule has 5 amide bonds. The van der Waals surface area contributed by atoms with Crippen LogP contribution in [0.25, 0.3) is 0 Å². The first-order valence-corrected chi connectivity index (χ1v) is 17.9. The van der Waals surface area contributed by atoms with Crippen LogP contribution in [0.3, 0.4) is 0 Å². The first-order valence-electron chi connectivity index (χ1n) is 17.9. The number of amides is 5. The van der Waals surface area contributed by atoms with Gasteiger partial charge in [0.05, 0.1) is 6.07 Å². The standard InChI is InChI=1S/C18H22F2N2O3.C18H20F2N2O2.CH4N2O.CH2O3.2K.H2O2/c1-17(2,3)25-16(24)22-9-18(8-11(18)6-14(22)15(21)23)10-4-12(19)7-13(20)5-10;1-17(2,3)24-16(23)22-10-18(8-12(18)6-15(22)9-21)11-4-13(19)7-14(20)5-11;2*2-1(3)4;;;1-2/h4-5,7,11,14H,6,8-9H2,1-3H3,(H2,21,23);4-5,7,12,15H,6,8,10H2,1-3H3;(H4,2,3,4);(H2,2,3,4);;;1-2H/q;;;;2*+1;/p-1/t11-,14?,18-;12-,15?,18-;;;;;/m11...../s1. The van der Waals surface area contributed by atoms with Crippen LogP contribution in [-0.4, -0.2) is 92.1 Å². The third kappa shape index (κ3) is 17.1. The van der Waals surface area contributed by atoms with Crippen LogP contribution in [0, 0.1) is 46.4 Å². The summed E-state index contributed by atoms with van der Waals surface area (Å²) in [6.45, 7) is 10.9. The van der Waals surface area contributed by atoms with Gasteiger partial charge in [0.25, 0.3) is 0 Å². The minimum absolute atomic E-state index is 0. The van der Waals surface area contributed by atoms with E-state index in [4.69, 9.17) is 45.5 Å². The number of piperidine rings is 2. The number of ether oxygens (including phenoxy) is 2. The van der Waals surface area contributed by atoms with Gasteiger partial charge in [-0.3, -0.25) is 25.1 Å². The van der Waals surface area contributed by atoms with Gasteiger partial charge in [-0.1, -0.05) is 0 Å². The molecule has 4 aliphatic rings. The average molecular weight is 920 g/mol. The third-order valence-electron chi connectivity index (χ3n) is 9.75. The Bertz CT molecular complexity index is 1870. The predicted octanol–water partition coefficient (Wildman–Crippen LogP) is -1.59. The molecule has 4 fully saturated rings. The molecule has 326 valence electrons. The quantitative estimate of drug-likeness (QED) is 0.0880. The molecule has 2 aromatic rings. The molecule has 9 N–H and O–H groups in total. The summed E-state index contributed by atoms with van der Waals surface area (Å²) in [7, 11) is 0. The number of urea groups is 1. The second kappa shape index (κ2) is 23.9. The van der Waals surface area contributed by atoms with Crippen LogP contribution >= 0.6 is 0 Å². The molecular formula is C38H49F4K2N6O11+. The Morgan fingerprint density at radius 2 is 1.03 bits per heavy atom. The maximum absolute atomic E-state index is 13.6. The molecule has 2 aromatic carbocycles. The van der Waals surface area contributed by atoms with Gasteiger partial charge in [-0.2, -0.15) is 5.26 Å². The van der Waals surface area contributed by atoms with Crippen LogP contribution in [0.2, 0.25) is 0 Å². The van der Waals surface area contributed by atoms with Gasteiger partial charge in [0, 0.05) is 36.1 Å². The molecule has 2 saturated carbocycles. The summed E-state index contributed by atoms with van der Waals surface area (Å²) in [6.07, 6.45) is -1.05. The van der Waals surface area contributed by atoms with Gasteiger partial charge >= 0.3 is 121 Å². The number of rotatable bonds is 3. The van der Waals surface area contributed by atoms with Crippen LogP contribution in [-0.2, 0) is 25.1 Å². The Morgan fingerprint density at radius 1 is 0.721 bits per heavy atom. The van der Waals surface area contributed by atoms with Crippen molar-refractivity contribution in [3.8, 4) is 6.07 Å². The van der Waals surface area contributed by atoms with E-state index in [1.165, 1.54) is 34.1 Å². The van der Waals surface area contributed by atoms with Crippen LogP contribution < -0.4 is 125 Å². The molecule has 61 heavy (non-hydrogen) atoms. The summed E-state index contributed by atoms with van der Waals surface area (Å²) in [5.74, 6) is -2.96. The molecule has 2 aliphatic heterocycles. The van der Waals surface area contributed by atoms with Gasteiger partial charge in [0.1, 0.15) is 46.6 Å². The van der Waals surface area contributed by atoms with E-state index >= 15 is 0 Å². The number of nitriles is 1. The Balaban J connectivity index is 0.000000945. The number of hydrogen-bond donors (Lipinski definition) is 6. The van der Waals surface area contributed by atoms with E-state index in [2.05, 4.69) is 17.5 Å². The minimum atomic E-state index is -2.08. The van der Waals surface area contributed by atoms with Crippen molar-refractivity contribution in [2.75, 3.05) is 13.1 Å². The second-order valence-electron chi connectivity index (χ2n) is 16.3. The van der Waals surface area contributed by atoms with E-state index in [0.717, 1.165) is 12.1 Å². The summed E-state index contributed by atoms with van der Waals surface area (Å²) in [4.78, 5) is 57.0. The fraction of sp³-hybridized carbons (Fsp3) is 0.526. The number of primary amides is 3. The number of fused-ring (bicyclic) bond motifs is 2. The Hall–Kier alpha value is -2.61. The number of carboxylic acid groups (broad SMARTS) is 2. The monoisotopic (exact) mass is 919 g/mol. The average Bonchev–Trinajstić information content (AvgIpc) is 3.99. The molecule has 6 rings (SSSR count). The number of benzene rings is 2. The minimum Gasteiger partial charge on any atom is -0.565 e. The molecular weight excluding hydrogens is 871 g/mol. The predicted molar refractivity (Wildman–Crippen MR) is 197 cm³/mol. The number of carbonyl (C=O) groups excluding carboxylic acids is 4. The van der Waals surface area contributed by atoms with Gasteiger partial charge in [-0.15, -0.1) is 0 Å². The van der Waals surface area contributed by atoms with Gasteiger partial charge in [-0.25, -0.2) is 31.9 Å². The van der Waals surface area contributed by atoms with Crippen LogP contribution in [0.5, 0.6) is 0 Å². The smallest absolute Gasteiger partial charge is 0.565 e. The molecule has 2 aliphatic carbocycles. The van der Waals surface area contributed by atoms with Gasteiger partial charge in [0.2, 0.25) is 12.1 Å². The SMILES string of the molecule is CC(C)(C)OC(=O)N1C[C@@]2(c3cc(F)cc(F)c3)C[C@H]2CC1C#N.CC(C)(C)OC(=O)N1C[C@@]2(c3cc(F)cc(F)c3)C[C@H]2CC1C(N)=O.NC(N)=O.O=C([O-])O.OO.[K+].[K+]. The number of carbonyl (C=O) groups is 5. The fourth-order valence-corrected chi connectivity index (χ4v) is 7.38. The molecule has 0 aromatic heterocycles. The Morgan fingerprint density at radius 3 is 1.34 bits per heavy atom. The van der Waals surface area contributed by atoms with Crippen molar-refractivity contribution in [1.82, 2.24) is 9.80 Å². The third-order valence-corrected chi connectivity index (χ3v) is 9.75. The van der Waals surface area contributed by atoms with Crippen molar-refractivity contribution in [3.63, 3.8) is 0 Å². The molecule has 6 atom stereocenters. The molecule has 17 nitrogen and oxygen atoms in total. The van der Waals surface area contributed by atoms with E-state index < -0.39 is 87.7 Å². The van der Waals surface area contributed by atoms with E-state index in [9.17, 15) is 37.2 Å². The zero-order valence-electron chi connectivity index (χ0n) is 35.2. The summed E-state index contributed by atoms with van der Waals surface area (Å²) in [5.41, 5.74) is 12.6. The van der Waals surface area contributed by atoms with Crippen molar-refractivity contribution in [3.05, 3.63) is 70.8 Å². The number of hydrogen-bond acceptors (Lipinski definition) is 11. The topological polar surface area (TPSA) is 296 Å². The first-order chi connectivity index (χ1) is 27.1. The zero-order valence-corrected chi connectivity index (χ0v) is 41.5. The fourth-order valence-electron chi connectivity index (χ4n) is 7.38. The van der Waals surface area contributed by atoms with Gasteiger partial charge < -0.3 is 41.7 Å². The maximum Gasteiger partial charge on any atom is 1.00 e. The number of nitrogens with two attached hydrogens (primary N) is 3. The Labute approximate surface area is 435 Å². The summed E-state index contributed by atoms with van der Waals surface area (Å²) in [6, 6.07) is 6.86. The Kier molecular flexibility index (Phi) is 22.9. The molecule has 0 spiro atoms. The van der Waals surface area contributed by atoms with Crippen LogP contribution in [0.4, 0.5) is 36.7 Å². The second-order valence-corrected chi connectivity index (χ2v) is 16.3. The van der Waals surface area contributed by atoms with Crippen LogP contribution in [0.1, 0.15) is 78.4 Å². The van der Waals surface area contributed by atoms with Crippen LogP contribution in [0.15, 0.2) is 36.4 Å². The van der Waals surface area contributed by atoms with Crippen molar-refractivity contribution in [2.24, 2.45) is 29.0 Å². The molecule has 2 saturated heterocycles. The van der Waals surface area contributed by atoms with Gasteiger partial charge in [0.15, 0.2) is 0 Å². The number of halogens is 4. The van der Waals surface area contributed by atoms with E-state index in [0.29, 0.717) is 36.8 Å². The van der Waals surface area contributed by atoms with Gasteiger partial charge in [-0.05, 0) is 114 Å². The summed E-state index contributed by atoms with van der Waals surface area (Å²) in [5, 5.41) is 36.7. The normalized spacial score (nSPS) is 23.8. The molecule has 0 bridgehead atoms. The first kappa shape index (κ1) is 58.4.